The SMILES string of the molecule is NCC(=O)N[C@@H](Cc1ccccc1)C(=O)NCCCn1ccnc1. The van der Waals surface area contributed by atoms with E-state index in [1.165, 1.54) is 0 Å². The zero-order valence-corrected chi connectivity index (χ0v) is 13.5. The van der Waals surface area contributed by atoms with Gasteiger partial charge in [-0.25, -0.2) is 4.98 Å². The van der Waals surface area contributed by atoms with Crippen LogP contribution in [0.25, 0.3) is 0 Å². The van der Waals surface area contributed by atoms with Crippen LogP contribution in [0.5, 0.6) is 0 Å². The van der Waals surface area contributed by atoms with E-state index in [2.05, 4.69) is 15.6 Å². The van der Waals surface area contributed by atoms with Crippen LogP contribution in [0.3, 0.4) is 0 Å². The van der Waals surface area contributed by atoms with Crippen LogP contribution in [0, 0.1) is 0 Å². The van der Waals surface area contributed by atoms with Gasteiger partial charge in [-0.2, -0.15) is 0 Å². The lowest BCUT2D eigenvalue weighted by Gasteiger charge is -2.18. The second-order valence-electron chi connectivity index (χ2n) is 5.46. The van der Waals surface area contributed by atoms with Crippen LogP contribution in [0.1, 0.15) is 12.0 Å². The van der Waals surface area contributed by atoms with Crippen molar-refractivity contribution in [3.05, 3.63) is 54.6 Å². The fourth-order valence-corrected chi connectivity index (χ4v) is 2.33. The second kappa shape index (κ2) is 9.46. The van der Waals surface area contributed by atoms with E-state index in [4.69, 9.17) is 5.73 Å². The van der Waals surface area contributed by atoms with E-state index in [-0.39, 0.29) is 18.4 Å². The van der Waals surface area contributed by atoms with Crippen LogP contribution >= 0.6 is 0 Å². The lowest BCUT2D eigenvalue weighted by molar-refractivity contribution is -0.128. The number of aryl methyl sites for hydroxylation is 1. The van der Waals surface area contributed by atoms with E-state index in [0.29, 0.717) is 13.0 Å². The van der Waals surface area contributed by atoms with Crippen molar-refractivity contribution in [2.45, 2.75) is 25.4 Å². The average molecular weight is 329 g/mol. The van der Waals surface area contributed by atoms with Crippen molar-refractivity contribution < 1.29 is 9.59 Å². The molecule has 4 N–H and O–H groups in total. The van der Waals surface area contributed by atoms with Gasteiger partial charge in [-0.15, -0.1) is 0 Å². The molecule has 1 heterocycles. The van der Waals surface area contributed by atoms with Crippen molar-refractivity contribution in [3.63, 3.8) is 0 Å². The van der Waals surface area contributed by atoms with Crippen LogP contribution in [0.2, 0.25) is 0 Å². The van der Waals surface area contributed by atoms with Crippen LogP contribution < -0.4 is 16.4 Å². The maximum Gasteiger partial charge on any atom is 0.242 e. The summed E-state index contributed by atoms with van der Waals surface area (Å²) in [5.41, 5.74) is 6.32. The topological polar surface area (TPSA) is 102 Å². The van der Waals surface area contributed by atoms with Crippen molar-refractivity contribution in [2.24, 2.45) is 5.73 Å². The average Bonchev–Trinajstić information content (AvgIpc) is 3.12. The standard InChI is InChI=1S/C17H23N5O2/c18-12-16(23)21-15(11-14-5-2-1-3-6-14)17(24)20-7-4-9-22-10-8-19-13-22/h1-3,5-6,8,10,13,15H,4,7,9,11-12,18H2,(H,20,24)(H,21,23)/t15-/m0/s1. The molecule has 0 aliphatic carbocycles. The van der Waals surface area contributed by atoms with Gasteiger partial charge in [0.1, 0.15) is 6.04 Å². The van der Waals surface area contributed by atoms with Crippen LogP contribution in [-0.2, 0) is 22.6 Å². The third-order valence-electron chi connectivity index (χ3n) is 3.57. The van der Waals surface area contributed by atoms with Crippen LogP contribution in [0.4, 0.5) is 0 Å². The van der Waals surface area contributed by atoms with Gasteiger partial charge in [-0.1, -0.05) is 30.3 Å². The fraction of sp³-hybridized carbons (Fsp3) is 0.353. The molecule has 0 unspecified atom stereocenters. The van der Waals surface area contributed by atoms with Gasteiger partial charge in [0.05, 0.1) is 12.9 Å². The first-order chi connectivity index (χ1) is 11.7. The first kappa shape index (κ1) is 17.7. The molecule has 1 aromatic carbocycles. The molecule has 0 fully saturated rings. The summed E-state index contributed by atoms with van der Waals surface area (Å²) in [5.74, 6) is -0.546. The molecule has 7 heteroatoms. The summed E-state index contributed by atoms with van der Waals surface area (Å²) in [4.78, 5) is 27.9. The number of nitrogens with zero attached hydrogens (tertiary/aromatic N) is 2. The monoisotopic (exact) mass is 329 g/mol. The summed E-state index contributed by atoms with van der Waals surface area (Å²) in [6, 6.07) is 8.94. The number of amides is 2. The number of imidazole rings is 1. The molecule has 128 valence electrons. The Hall–Kier alpha value is -2.67. The zero-order chi connectivity index (χ0) is 17.2. The Labute approximate surface area is 141 Å². The predicted octanol–water partition coefficient (Wildman–Crippen LogP) is 0.0756. The van der Waals surface area contributed by atoms with Gasteiger partial charge in [-0.05, 0) is 12.0 Å². The van der Waals surface area contributed by atoms with Crippen LogP contribution in [0.15, 0.2) is 49.1 Å². The maximum absolute atomic E-state index is 12.4. The van der Waals surface area contributed by atoms with Gasteiger partial charge in [0.2, 0.25) is 11.8 Å². The molecule has 0 aliphatic heterocycles. The minimum absolute atomic E-state index is 0.140. The molecule has 0 bridgehead atoms. The smallest absolute Gasteiger partial charge is 0.242 e. The van der Waals surface area contributed by atoms with E-state index >= 15 is 0 Å². The molecule has 0 saturated heterocycles. The molecular weight excluding hydrogens is 306 g/mol. The Morgan fingerprint density at radius 2 is 2.04 bits per heavy atom. The molecule has 0 saturated carbocycles. The third-order valence-corrected chi connectivity index (χ3v) is 3.57. The van der Waals surface area contributed by atoms with Crippen molar-refractivity contribution >= 4 is 11.8 Å². The summed E-state index contributed by atoms with van der Waals surface area (Å²) >= 11 is 0. The van der Waals surface area contributed by atoms with E-state index < -0.39 is 6.04 Å². The largest absolute Gasteiger partial charge is 0.354 e. The van der Waals surface area contributed by atoms with Gasteiger partial charge >= 0.3 is 0 Å². The summed E-state index contributed by atoms with van der Waals surface area (Å²) < 4.78 is 1.95. The van der Waals surface area contributed by atoms with E-state index in [1.807, 2.05) is 41.1 Å². The van der Waals surface area contributed by atoms with Crippen molar-refractivity contribution in [1.29, 1.82) is 0 Å². The molecule has 2 rings (SSSR count). The Balaban J connectivity index is 1.84. The minimum atomic E-state index is -0.628. The summed E-state index contributed by atoms with van der Waals surface area (Å²) in [6.45, 7) is 1.17. The molecule has 2 amide bonds. The van der Waals surface area contributed by atoms with Gasteiger partial charge in [-0.3, -0.25) is 9.59 Å². The second-order valence-corrected chi connectivity index (χ2v) is 5.46. The molecule has 2 aromatic rings. The number of carbonyl (C=O) groups excluding carboxylic acids is 2. The van der Waals surface area contributed by atoms with E-state index in [1.54, 1.807) is 12.5 Å². The maximum atomic E-state index is 12.4. The molecule has 0 aliphatic rings. The zero-order valence-electron chi connectivity index (χ0n) is 13.5. The van der Waals surface area contributed by atoms with Gasteiger partial charge < -0.3 is 20.9 Å². The molecule has 0 spiro atoms. The van der Waals surface area contributed by atoms with Crippen molar-refractivity contribution in [2.75, 3.05) is 13.1 Å². The highest BCUT2D eigenvalue weighted by atomic mass is 16.2. The number of rotatable bonds is 9. The first-order valence-corrected chi connectivity index (χ1v) is 7.96. The number of carbonyl (C=O) groups is 2. The van der Waals surface area contributed by atoms with Crippen LogP contribution in [-0.4, -0.2) is 40.5 Å². The Kier molecular flexibility index (Phi) is 6.97. The van der Waals surface area contributed by atoms with E-state index in [9.17, 15) is 9.59 Å². The molecular formula is C17H23N5O2. The normalized spacial score (nSPS) is 11.7. The highest BCUT2D eigenvalue weighted by Crippen LogP contribution is 2.03. The summed E-state index contributed by atoms with van der Waals surface area (Å²) in [5, 5.41) is 5.54. The van der Waals surface area contributed by atoms with Gasteiger partial charge in [0.15, 0.2) is 0 Å². The predicted molar refractivity (Wildman–Crippen MR) is 91.0 cm³/mol. The summed E-state index contributed by atoms with van der Waals surface area (Å²) in [7, 11) is 0. The number of hydrogen-bond acceptors (Lipinski definition) is 4. The van der Waals surface area contributed by atoms with E-state index in [0.717, 1.165) is 18.5 Å². The molecule has 1 aromatic heterocycles. The minimum Gasteiger partial charge on any atom is -0.354 e. The highest BCUT2D eigenvalue weighted by Gasteiger charge is 2.20. The fourth-order valence-electron chi connectivity index (χ4n) is 2.33. The molecule has 24 heavy (non-hydrogen) atoms. The number of hydrogen-bond donors (Lipinski definition) is 3. The van der Waals surface area contributed by atoms with Crippen molar-refractivity contribution in [3.8, 4) is 0 Å². The lowest BCUT2D eigenvalue weighted by atomic mass is 10.1. The number of nitrogens with one attached hydrogen (secondary N) is 2. The number of nitrogens with two attached hydrogens (primary N) is 1. The molecule has 0 radical (unpaired) electrons. The molecule has 1 atom stereocenters. The third kappa shape index (κ3) is 5.85. The Morgan fingerprint density at radius 3 is 2.71 bits per heavy atom. The molecule has 7 nitrogen and oxygen atoms in total. The lowest BCUT2D eigenvalue weighted by Crippen LogP contribution is -2.49. The Morgan fingerprint density at radius 1 is 1.25 bits per heavy atom. The van der Waals surface area contributed by atoms with Gasteiger partial charge in [0, 0.05) is 31.9 Å². The number of aromatic nitrogens is 2. The highest BCUT2D eigenvalue weighted by molar-refractivity contribution is 5.88. The first-order valence-electron chi connectivity index (χ1n) is 7.96. The van der Waals surface area contributed by atoms with Crippen molar-refractivity contribution in [1.82, 2.24) is 20.2 Å². The van der Waals surface area contributed by atoms with Gasteiger partial charge in [0.25, 0.3) is 0 Å². The Bertz CT molecular complexity index is 628. The number of benzene rings is 1. The summed E-state index contributed by atoms with van der Waals surface area (Å²) in [6.07, 6.45) is 6.55. The quantitative estimate of drug-likeness (QED) is 0.567.